The summed E-state index contributed by atoms with van der Waals surface area (Å²) in [6.45, 7) is 12.5. The fourth-order valence-corrected chi connectivity index (χ4v) is 13.2. The zero-order valence-electron chi connectivity index (χ0n) is 66.4. The average molecular weight is 1610 g/mol. The van der Waals surface area contributed by atoms with E-state index in [4.69, 9.17) is 5.73 Å². The number of imidazole rings is 1. The lowest BCUT2D eigenvalue weighted by molar-refractivity contribution is -0.138. The summed E-state index contributed by atoms with van der Waals surface area (Å²) >= 11 is 0. The smallest absolute Gasteiger partial charge is 0.303 e. The molecule has 0 saturated carbocycles. The summed E-state index contributed by atoms with van der Waals surface area (Å²) in [4.78, 5) is 240. The van der Waals surface area contributed by atoms with Crippen LogP contribution >= 0.6 is 0 Å². The number of aliphatic hydroxyl groups is 1. The number of carboxylic acids is 1. The number of benzene rings is 3. The summed E-state index contributed by atoms with van der Waals surface area (Å²) in [6.07, 6.45) is 0.595. The summed E-state index contributed by atoms with van der Waals surface area (Å²) < 4.78 is 0. The van der Waals surface area contributed by atoms with Gasteiger partial charge >= 0.3 is 5.97 Å². The first-order valence-electron chi connectivity index (χ1n) is 38.4. The molecule has 7 rings (SSSR count). The zero-order valence-corrected chi connectivity index (χ0v) is 66.4. The molecule has 37 nitrogen and oxygen atoms in total. The number of carbonyl (C=O) groups is 16. The van der Waals surface area contributed by atoms with Crippen LogP contribution in [-0.4, -0.2) is 217 Å². The molecule has 116 heavy (non-hydrogen) atoms. The Morgan fingerprint density at radius 2 is 1.07 bits per heavy atom. The highest BCUT2D eigenvalue weighted by Gasteiger charge is 2.39. The van der Waals surface area contributed by atoms with Crippen LogP contribution < -0.4 is 80.2 Å². The summed E-state index contributed by atoms with van der Waals surface area (Å²) in [5.41, 5.74) is 8.78. The number of nitrogens with zero attached hydrogens (tertiary/aromatic N) is 1. The van der Waals surface area contributed by atoms with Crippen LogP contribution in [0, 0.1) is 17.8 Å². The van der Waals surface area contributed by atoms with Crippen molar-refractivity contribution in [2.45, 2.75) is 212 Å². The molecule has 3 aromatic heterocycles. The van der Waals surface area contributed by atoms with Crippen molar-refractivity contribution in [2.75, 3.05) is 13.6 Å². The number of aliphatic hydroxyl groups excluding tert-OH is 1. The Hall–Kier alpha value is -12.4. The number of nitrogens with two attached hydrogens (primary N) is 1. The van der Waals surface area contributed by atoms with Crippen molar-refractivity contribution >= 4 is 116 Å². The number of hydrogen-bond donors (Lipinski definition) is 20. The molecule has 0 spiro atoms. The Bertz CT molecular complexity index is 4520. The van der Waals surface area contributed by atoms with E-state index < -0.39 is 211 Å². The molecule has 0 saturated heterocycles. The monoisotopic (exact) mass is 1610 g/mol. The second kappa shape index (κ2) is 43.2. The number of carbonyl (C=O) groups excluding carboxylic acids is 15. The van der Waals surface area contributed by atoms with Crippen LogP contribution in [0.5, 0.6) is 0 Å². The zero-order chi connectivity index (χ0) is 85.2. The minimum atomic E-state index is -1.79. The third-order valence-electron chi connectivity index (χ3n) is 19.4. The highest BCUT2D eigenvalue weighted by atomic mass is 16.4. The number of Topliss-reactive ketones (excluding diaryl/α,β-unsaturated/α-hetero) is 1. The van der Waals surface area contributed by atoms with Crippen molar-refractivity contribution in [3.8, 4) is 0 Å². The van der Waals surface area contributed by atoms with E-state index >= 15 is 9.59 Å². The molecule has 6 aromatic rings. The largest absolute Gasteiger partial charge is 0.481 e. The second-order valence-corrected chi connectivity index (χ2v) is 30.1. The van der Waals surface area contributed by atoms with Gasteiger partial charge in [-0.15, -0.1) is 0 Å². The number of H-pyrrole nitrogens is 3. The SMILES string of the molecule is CN[C@@H](CC(C)=O)C(=O)NC1CC(=O)NCc2ccccc2C[C@@H](C(=O)N[C@H](C(N)=O)[C@@H](C)O)NC(=O)[C@H](Cc2c[nH]c3ccccc23)NC(=O)[C@H](C(C)C)NC(=O)[C@H](CC(C)C)NC(=O)[C@H](CCC(=O)O)NC(=O)CNC(=O)[C@H](CC(C)C)NC(=O)[C@H](Cc2c[nH]cn2)NC(=O)[C@H](Cc2c[nH]c3ccccc23)NC(=O)[C@H](C)NC1=O. The fourth-order valence-electron chi connectivity index (χ4n) is 13.2. The van der Waals surface area contributed by atoms with E-state index in [1.807, 2.05) is 0 Å². The minimum absolute atomic E-state index is 0.0552. The minimum Gasteiger partial charge on any atom is -0.481 e. The molecule has 1 unspecified atom stereocenters. The van der Waals surface area contributed by atoms with Crippen molar-refractivity contribution in [2.24, 2.45) is 23.5 Å². The summed E-state index contributed by atoms with van der Waals surface area (Å²) in [7, 11) is 1.39. The van der Waals surface area contributed by atoms with E-state index in [2.05, 4.69) is 94.4 Å². The third-order valence-corrected chi connectivity index (χ3v) is 19.4. The molecule has 1 aliphatic heterocycles. The van der Waals surface area contributed by atoms with Crippen molar-refractivity contribution in [1.82, 2.24) is 94.4 Å². The number of amides is 14. The quantitative estimate of drug-likeness (QED) is 0.0336. The number of aliphatic carboxylic acids is 1. The number of carboxylic acid groups (broad SMARTS) is 1. The second-order valence-electron chi connectivity index (χ2n) is 30.1. The van der Waals surface area contributed by atoms with E-state index in [1.54, 1.807) is 127 Å². The van der Waals surface area contributed by atoms with Gasteiger partial charge in [0.15, 0.2) is 0 Å². The molecule has 0 aliphatic carbocycles. The number of rotatable bonds is 23. The molecule has 14 amide bonds. The standard InChI is InChI=1S/C79H107N19O18/c1-39(2)25-56-70(107)86-37-64(102)89-54(23-24-65(103)104)71(108)92-57(26-40(3)4)77(114)97-66(41(5)6)79(116)96-60(30-48-35-84-53-22-16-14-20-51(48)53)75(112)93-58(78(115)98-67(44(9)100)68(80)105)28-45-17-11-12-18-46(45)33-85-63(101)32-62(95-72(109)55(81-10)27-42(7)99)73(110)88-43(8)69(106)90-59(29-47-34-83-52-21-15-13-19-50(47)52)74(111)94-61(76(113)91-56)31-49-36-82-38-87-49/h11-22,34-36,38-41,43-44,54-62,66-67,81,83-84,100H,23-33,37H2,1-10H3,(H2,80,105)(H,82,87)(H,85,101)(H,86,107)(H,88,110)(H,89,102)(H,90,106)(H,91,113)(H,92,108)(H,93,112)(H,94,111)(H,95,109)(H,96,116)(H,97,114)(H,98,115)(H,103,104)/t43-,44+,54-,55-,56-,57-,58-,59-,60-,61-,62?,66-,67-/m0/s1. The molecular weight excluding hydrogens is 1500 g/mol. The summed E-state index contributed by atoms with van der Waals surface area (Å²) in [6, 6.07) is 1.49. The lowest BCUT2D eigenvalue weighted by Crippen LogP contribution is -2.61. The van der Waals surface area contributed by atoms with Crippen molar-refractivity contribution in [3.05, 3.63) is 126 Å². The van der Waals surface area contributed by atoms with E-state index in [9.17, 15) is 77.3 Å². The van der Waals surface area contributed by atoms with Crippen LogP contribution in [0.3, 0.4) is 0 Å². The Balaban J connectivity index is 1.31. The summed E-state index contributed by atoms with van der Waals surface area (Å²) in [5, 5.41) is 58.3. The number of hydrogen-bond acceptors (Lipinski definition) is 19. The van der Waals surface area contributed by atoms with Gasteiger partial charge in [0, 0.05) is 85.5 Å². The van der Waals surface area contributed by atoms with Gasteiger partial charge in [0.1, 0.15) is 72.2 Å². The van der Waals surface area contributed by atoms with Gasteiger partial charge in [0.05, 0.1) is 37.1 Å². The van der Waals surface area contributed by atoms with Crippen LogP contribution in [0.1, 0.15) is 129 Å². The lowest BCUT2D eigenvalue weighted by atomic mass is 9.97. The van der Waals surface area contributed by atoms with Gasteiger partial charge < -0.3 is 105 Å². The lowest BCUT2D eigenvalue weighted by Gasteiger charge is -2.29. The number of para-hydroxylation sites is 2. The molecule has 13 atom stereocenters. The molecule has 0 radical (unpaired) electrons. The van der Waals surface area contributed by atoms with Crippen molar-refractivity contribution < 1.29 is 86.9 Å². The maximum Gasteiger partial charge on any atom is 0.303 e. The normalized spacial score (nSPS) is 22.4. The van der Waals surface area contributed by atoms with Crippen molar-refractivity contribution in [3.63, 3.8) is 0 Å². The number of nitrogens with one attached hydrogen (secondary N) is 17. The molecule has 21 N–H and O–H groups in total. The highest BCUT2D eigenvalue weighted by Crippen LogP contribution is 2.23. The van der Waals surface area contributed by atoms with Crippen molar-refractivity contribution in [1.29, 1.82) is 0 Å². The number of primary amides is 1. The van der Waals surface area contributed by atoms with E-state index in [-0.39, 0.29) is 68.2 Å². The molecule has 626 valence electrons. The van der Waals surface area contributed by atoms with Gasteiger partial charge in [-0.2, -0.15) is 0 Å². The first kappa shape index (κ1) is 90.8. The van der Waals surface area contributed by atoms with Gasteiger partial charge in [-0.1, -0.05) is 102 Å². The average Bonchev–Trinajstić information content (AvgIpc) is 1.68. The number of likely N-dealkylation sites (N-methyl/N-ethyl adjacent to an activating group) is 1. The van der Waals surface area contributed by atoms with E-state index in [0.717, 1.165) is 0 Å². The van der Waals surface area contributed by atoms with E-state index in [0.29, 0.717) is 38.5 Å². The topological polar surface area (TPSA) is 568 Å². The van der Waals surface area contributed by atoms with Gasteiger partial charge in [-0.3, -0.25) is 76.7 Å². The molecule has 4 heterocycles. The Kier molecular flexibility index (Phi) is 33.8. The Labute approximate surface area is 669 Å². The van der Waals surface area contributed by atoms with Crippen LogP contribution in [-0.2, 0) is 109 Å². The van der Waals surface area contributed by atoms with Crippen LogP contribution in [0.2, 0.25) is 0 Å². The third kappa shape index (κ3) is 27.1. The molecular formula is C79H107N19O18. The predicted octanol–water partition coefficient (Wildman–Crippen LogP) is -1.82. The Morgan fingerprint density at radius 1 is 0.552 bits per heavy atom. The number of aromatic nitrogens is 4. The molecule has 37 heteroatoms. The molecule has 1 aliphatic rings. The van der Waals surface area contributed by atoms with Gasteiger partial charge in [0.2, 0.25) is 82.7 Å². The van der Waals surface area contributed by atoms with Crippen LogP contribution in [0.15, 0.2) is 97.7 Å². The fraction of sp³-hybridized carbons (Fsp3) is 0.481. The van der Waals surface area contributed by atoms with Gasteiger partial charge in [-0.25, -0.2) is 4.98 Å². The maximum absolute atomic E-state index is 15.3. The molecule has 0 fully saturated rings. The first-order chi connectivity index (χ1) is 55.0. The molecule has 3 aromatic carbocycles. The summed E-state index contributed by atoms with van der Waals surface area (Å²) in [5.74, 6) is -17.0. The highest BCUT2D eigenvalue weighted by molar-refractivity contribution is 6.01. The van der Waals surface area contributed by atoms with Crippen LogP contribution in [0.4, 0.5) is 0 Å². The number of ketones is 1. The maximum atomic E-state index is 15.3. The molecule has 0 bridgehead atoms. The predicted molar refractivity (Wildman–Crippen MR) is 422 cm³/mol. The van der Waals surface area contributed by atoms with E-state index in [1.165, 1.54) is 40.3 Å². The number of fused-ring (bicyclic) bond motifs is 3. The van der Waals surface area contributed by atoms with Gasteiger partial charge in [0.25, 0.3) is 0 Å². The Morgan fingerprint density at radius 3 is 1.60 bits per heavy atom. The first-order valence-corrected chi connectivity index (χ1v) is 38.4. The van der Waals surface area contributed by atoms with Crippen LogP contribution in [0.25, 0.3) is 21.8 Å². The van der Waals surface area contributed by atoms with Gasteiger partial charge in [-0.05, 0) is 99.2 Å². The number of aromatic amines is 3.